The zero-order chi connectivity index (χ0) is 43.0. The summed E-state index contributed by atoms with van der Waals surface area (Å²) in [7, 11) is 0. The smallest absolute Gasteiger partial charge is 0.435 e. The molecule has 7 rings (SSSR count). The van der Waals surface area contributed by atoms with Crippen LogP contribution in [0.2, 0.25) is 0 Å². The van der Waals surface area contributed by atoms with E-state index in [2.05, 4.69) is 21.0 Å². The standard InChI is InChI=1S/C48H48F3N5O5/c1-47(2,3)61-46(58)53-29-35-16-10-19-38(24-35)56-41(27-43(55-56)48(49,50)51)45(57)54-37-18-11-17-36(25-37)44(52-28-32-20-21-32)40-26-39(59-30-33-12-6-4-7-13-33)22-23-42(40)60-31-34-14-8-5-9-15-34/h4-19,22-27,32,44,52H,20-21,28-31H2,1-3H3,(H,53,58)(H,54,57). The van der Waals surface area contributed by atoms with Crippen LogP contribution in [0.25, 0.3) is 5.69 Å². The molecular weight excluding hydrogens is 784 g/mol. The summed E-state index contributed by atoms with van der Waals surface area (Å²) in [6.07, 6.45) is -3.24. The number of alkyl halides is 3. The minimum Gasteiger partial charge on any atom is -0.489 e. The number of carbonyl (C=O) groups excluding carboxylic acids is 2. The fourth-order valence-corrected chi connectivity index (χ4v) is 6.62. The Kier molecular flexibility index (Phi) is 13.1. The number of nitrogens with zero attached hydrogens (tertiary/aromatic N) is 2. The van der Waals surface area contributed by atoms with Gasteiger partial charge < -0.3 is 30.2 Å². The molecule has 0 aliphatic heterocycles. The van der Waals surface area contributed by atoms with Crippen LogP contribution in [0.4, 0.5) is 23.7 Å². The van der Waals surface area contributed by atoms with Gasteiger partial charge in [0, 0.05) is 23.9 Å². The summed E-state index contributed by atoms with van der Waals surface area (Å²) in [6.45, 7) is 6.67. The number of amides is 2. The molecule has 0 spiro atoms. The Hall–Kier alpha value is -6.60. The molecule has 1 atom stereocenters. The quantitative estimate of drug-likeness (QED) is 0.0889. The number of alkyl carbamates (subject to hydrolysis) is 1. The molecule has 61 heavy (non-hydrogen) atoms. The van der Waals surface area contributed by atoms with Crippen LogP contribution >= 0.6 is 0 Å². The van der Waals surface area contributed by atoms with Crippen LogP contribution in [0.1, 0.15) is 83.7 Å². The lowest BCUT2D eigenvalue weighted by Gasteiger charge is -2.24. The number of hydrogen-bond donors (Lipinski definition) is 3. The summed E-state index contributed by atoms with van der Waals surface area (Å²) in [5.74, 6) is 1.01. The topological polar surface area (TPSA) is 116 Å². The first-order valence-electron chi connectivity index (χ1n) is 20.1. The summed E-state index contributed by atoms with van der Waals surface area (Å²) < 4.78 is 61.3. The van der Waals surface area contributed by atoms with E-state index in [9.17, 15) is 22.8 Å². The second-order valence-electron chi connectivity index (χ2n) is 16.0. The molecule has 0 radical (unpaired) electrons. The molecule has 1 saturated carbocycles. The van der Waals surface area contributed by atoms with E-state index in [1.807, 2.05) is 84.9 Å². The Balaban J connectivity index is 1.18. The molecule has 5 aromatic carbocycles. The van der Waals surface area contributed by atoms with Crippen molar-refractivity contribution in [2.75, 3.05) is 11.9 Å². The van der Waals surface area contributed by atoms with E-state index in [-0.39, 0.29) is 17.9 Å². The van der Waals surface area contributed by atoms with Crippen molar-refractivity contribution in [2.24, 2.45) is 5.92 Å². The molecule has 316 valence electrons. The van der Waals surface area contributed by atoms with Crippen LogP contribution in [0.5, 0.6) is 11.5 Å². The van der Waals surface area contributed by atoms with Gasteiger partial charge in [-0.3, -0.25) is 4.79 Å². The first-order valence-corrected chi connectivity index (χ1v) is 20.1. The van der Waals surface area contributed by atoms with Crippen LogP contribution in [0.3, 0.4) is 0 Å². The number of benzene rings is 5. The Morgan fingerprint density at radius 2 is 1.44 bits per heavy atom. The monoisotopic (exact) mass is 831 g/mol. The molecule has 1 heterocycles. The van der Waals surface area contributed by atoms with E-state index >= 15 is 0 Å². The van der Waals surface area contributed by atoms with Crippen molar-refractivity contribution in [1.82, 2.24) is 20.4 Å². The molecule has 1 fully saturated rings. The van der Waals surface area contributed by atoms with Gasteiger partial charge in [0.1, 0.15) is 36.0 Å². The van der Waals surface area contributed by atoms with E-state index in [1.54, 1.807) is 57.2 Å². The minimum absolute atomic E-state index is 0.0293. The fourth-order valence-electron chi connectivity index (χ4n) is 6.62. The Morgan fingerprint density at radius 3 is 2.11 bits per heavy atom. The molecule has 13 heteroatoms. The largest absolute Gasteiger partial charge is 0.489 e. The average molecular weight is 832 g/mol. The Morgan fingerprint density at radius 1 is 0.770 bits per heavy atom. The van der Waals surface area contributed by atoms with Gasteiger partial charge in [-0.05, 0) is 111 Å². The van der Waals surface area contributed by atoms with E-state index in [0.29, 0.717) is 41.9 Å². The van der Waals surface area contributed by atoms with Crippen LogP contribution in [-0.2, 0) is 30.7 Å². The SMILES string of the molecule is CC(C)(C)OC(=O)NCc1cccc(-n2nc(C(F)(F)F)cc2C(=O)Nc2cccc(C(NCC3CC3)c3cc(OCc4ccccc4)ccc3OCc3ccccc3)c2)c1. The summed E-state index contributed by atoms with van der Waals surface area (Å²) in [6, 6.07) is 39.4. The number of halogens is 3. The van der Waals surface area contributed by atoms with Gasteiger partial charge in [-0.15, -0.1) is 0 Å². The number of anilines is 1. The summed E-state index contributed by atoms with van der Waals surface area (Å²) in [5.41, 5.74) is 2.46. The molecule has 1 aliphatic carbocycles. The van der Waals surface area contributed by atoms with Gasteiger partial charge in [0.25, 0.3) is 5.91 Å². The van der Waals surface area contributed by atoms with Crippen LogP contribution in [0.15, 0.2) is 133 Å². The Bertz CT molecular complexity index is 2430. The highest BCUT2D eigenvalue weighted by molar-refractivity contribution is 6.03. The van der Waals surface area contributed by atoms with Gasteiger partial charge in [-0.1, -0.05) is 84.9 Å². The number of ether oxygens (including phenoxy) is 3. The number of nitrogens with one attached hydrogen (secondary N) is 3. The maximum atomic E-state index is 14.1. The maximum Gasteiger partial charge on any atom is 0.435 e. The lowest BCUT2D eigenvalue weighted by molar-refractivity contribution is -0.141. The van der Waals surface area contributed by atoms with Crippen LogP contribution < -0.4 is 25.4 Å². The van der Waals surface area contributed by atoms with Crippen LogP contribution in [0, 0.1) is 5.92 Å². The molecular formula is C48H48F3N5O5. The van der Waals surface area contributed by atoms with Crippen molar-refractivity contribution < 1.29 is 37.0 Å². The predicted molar refractivity (Wildman–Crippen MR) is 227 cm³/mol. The zero-order valence-corrected chi connectivity index (χ0v) is 34.2. The first-order chi connectivity index (χ1) is 29.3. The van der Waals surface area contributed by atoms with Crippen molar-refractivity contribution in [3.63, 3.8) is 0 Å². The summed E-state index contributed by atoms with van der Waals surface area (Å²) in [5, 5.41) is 13.0. The summed E-state index contributed by atoms with van der Waals surface area (Å²) in [4.78, 5) is 26.3. The number of carbonyl (C=O) groups is 2. The van der Waals surface area contributed by atoms with Gasteiger partial charge in [0.05, 0.1) is 11.7 Å². The average Bonchev–Trinajstić information content (AvgIpc) is 3.95. The van der Waals surface area contributed by atoms with Gasteiger partial charge in [-0.2, -0.15) is 18.3 Å². The highest BCUT2D eigenvalue weighted by Crippen LogP contribution is 2.37. The third-order valence-corrected chi connectivity index (χ3v) is 9.79. The van der Waals surface area contributed by atoms with Gasteiger partial charge >= 0.3 is 12.3 Å². The number of rotatable bonds is 16. The van der Waals surface area contributed by atoms with Crippen molar-refractivity contribution in [2.45, 2.75) is 71.2 Å². The fraction of sp³-hybridized carbons (Fsp3) is 0.271. The van der Waals surface area contributed by atoms with Gasteiger partial charge in [0.15, 0.2) is 5.69 Å². The van der Waals surface area contributed by atoms with Crippen molar-refractivity contribution in [3.05, 3.63) is 173 Å². The number of hydrogen-bond acceptors (Lipinski definition) is 7. The molecule has 1 aromatic heterocycles. The van der Waals surface area contributed by atoms with E-state index in [0.717, 1.165) is 52.4 Å². The highest BCUT2D eigenvalue weighted by atomic mass is 19.4. The normalized spacial score (nSPS) is 13.3. The lowest BCUT2D eigenvalue weighted by Crippen LogP contribution is -2.32. The zero-order valence-electron chi connectivity index (χ0n) is 34.2. The third-order valence-electron chi connectivity index (χ3n) is 9.79. The molecule has 10 nitrogen and oxygen atoms in total. The highest BCUT2D eigenvalue weighted by Gasteiger charge is 2.36. The molecule has 2 amide bonds. The van der Waals surface area contributed by atoms with Crippen molar-refractivity contribution >= 4 is 17.7 Å². The predicted octanol–water partition coefficient (Wildman–Crippen LogP) is 10.4. The van der Waals surface area contributed by atoms with E-state index < -0.39 is 35.5 Å². The Labute approximate surface area is 353 Å². The van der Waals surface area contributed by atoms with Crippen molar-refractivity contribution in [3.8, 4) is 17.2 Å². The lowest BCUT2D eigenvalue weighted by atomic mass is 9.96. The molecule has 1 unspecified atom stereocenters. The third kappa shape index (κ3) is 12.0. The molecule has 0 bridgehead atoms. The van der Waals surface area contributed by atoms with Gasteiger partial charge in [-0.25, -0.2) is 9.48 Å². The minimum atomic E-state index is -4.82. The molecule has 3 N–H and O–H groups in total. The molecule has 1 aliphatic rings. The second-order valence-corrected chi connectivity index (χ2v) is 16.0. The summed E-state index contributed by atoms with van der Waals surface area (Å²) >= 11 is 0. The second kappa shape index (κ2) is 18.8. The van der Waals surface area contributed by atoms with Gasteiger partial charge in [0.2, 0.25) is 0 Å². The maximum absolute atomic E-state index is 14.1. The molecule has 0 saturated heterocycles. The van der Waals surface area contributed by atoms with E-state index in [1.165, 1.54) is 6.07 Å². The number of aromatic nitrogens is 2. The van der Waals surface area contributed by atoms with Crippen LogP contribution in [-0.4, -0.2) is 33.9 Å². The molecule has 6 aromatic rings. The first kappa shape index (κ1) is 42.5. The van der Waals surface area contributed by atoms with Crippen molar-refractivity contribution in [1.29, 1.82) is 0 Å². The van der Waals surface area contributed by atoms with E-state index in [4.69, 9.17) is 14.2 Å².